The van der Waals surface area contributed by atoms with Gasteiger partial charge in [0.2, 0.25) is 0 Å². The van der Waals surface area contributed by atoms with E-state index in [1.54, 1.807) is 6.08 Å². The van der Waals surface area contributed by atoms with E-state index in [1.807, 2.05) is 0 Å². The molecule has 1 rings (SSSR count). The van der Waals surface area contributed by atoms with Crippen LogP contribution in [0.15, 0.2) is 24.3 Å². The van der Waals surface area contributed by atoms with E-state index in [-0.39, 0.29) is 17.4 Å². The Bertz CT molecular complexity index is 257. The zero-order valence-corrected chi connectivity index (χ0v) is 8.26. The van der Waals surface area contributed by atoms with Gasteiger partial charge in [0, 0.05) is 21.9 Å². The van der Waals surface area contributed by atoms with Gasteiger partial charge in [-0.25, -0.2) is 0 Å². The van der Waals surface area contributed by atoms with Gasteiger partial charge in [-0.3, -0.25) is 14.9 Å². The van der Waals surface area contributed by atoms with Crippen molar-refractivity contribution in [2.45, 2.75) is 5.54 Å². The van der Waals surface area contributed by atoms with Crippen LogP contribution in [-0.2, 0) is 9.59 Å². The fourth-order valence-corrected chi connectivity index (χ4v) is 1.32. The second kappa shape index (κ2) is 2.83. The van der Waals surface area contributed by atoms with E-state index < -0.39 is 0 Å². The zero-order chi connectivity index (χ0) is 8.43. The Labute approximate surface area is 67.6 Å². The highest BCUT2D eigenvalue weighted by molar-refractivity contribution is 6.25. The minimum atomic E-state index is -0.312. The summed E-state index contributed by atoms with van der Waals surface area (Å²) in [5.74, 6) is -0.581. The molecule has 58 valence electrons. The van der Waals surface area contributed by atoms with Crippen molar-refractivity contribution >= 4 is 22.1 Å². The average molecular weight is 167 g/mol. The van der Waals surface area contributed by atoms with Gasteiger partial charge in [0.1, 0.15) is 0 Å². The van der Waals surface area contributed by atoms with Gasteiger partial charge in [0.05, 0.1) is 0 Å². The largest absolute Gasteiger partial charge is 0.289 e. The molecule has 3 nitrogen and oxygen atoms in total. The van der Waals surface area contributed by atoms with Gasteiger partial charge >= 0.3 is 0 Å². The molecule has 1 aliphatic heterocycles. The molecule has 0 aliphatic carbocycles. The van der Waals surface area contributed by atoms with Crippen molar-refractivity contribution in [1.29, 1.82) is 0 Å². The van der Waals surface area contributed by atoms with Crippen molar-refractivity contribution in [2.75, 3.05) is 0 Å². The monoisotopic (exact) mass is 167 g/mol. The van der Waals surface area contributed by atoms with Crippen LogP contribution in [0.5, 0.6) is 0 Å². The number of amides is 2. The van der Waals surface area contributed by atoms with Crippen molar-refractivity contribution in [1.82, 2.24) is 5.32 Å². The number of hydrogen-bond acceptors (Lipinski definition) is 2. The van der Waals surface area contributed by atoms with Crippen molar-refractivity contribution in [3.63, 3.8) is 0 Å². The lowest BCUT2D eigenvalue weighted by Crippen LogP contribution is -2.23. The molecule has 0 aromatic carbocycles. The summed E-state index contributed by atoms with van der Waals surface area (Å²) in [6.45, 7) is 3.57. The topological polar surface area (TPSA) is 46.2 Å². The number of nitrogens with one attached hydrogen (secondary N) is 1. The van der Waals surface area contributed by atoms with E-state index >= 15 is 0 Å². The molecule has 0 fully saturated rings. The lowest BCUT2D eigenvalue weighted by atomic mass is 10.2. The standard InChI is InChI=1S/C7H9NO2Si/c1-2-5(11)4-3-6(9)8-7(4)10/h2-3,5H,1H2,11H3,(H,8,9,10). The third-order valence-corrected chi connectivity index (χ3v) is 2.72. The van der Waals surface area contributed by atoms with E-state index in [9.17, 15) is 9.59 Å². The lowest BCUT2D eigenvalue weighted by Gasteiger charge is -2.02. The summed E-state index contributed by atoms with van der Waals surface area (Å²) in [4.78, 5) is 21.6. The van der Waals surface area contributed by atoms with E-state index in [1.165, 1.54) is 6.08 Å². The molecule has 1 N–H and O–H groups in total. The molecular formula is C7H9NO2Si. The fourth-order valence-electron chi connectivity index (χ4n) is 0.892. The van der Waals surface area contributed by atoms with Crippen LogP contribution in [0, 0.1) is 0 Å². The summed E-state index contributed by atoms with van der Waals surface area (Å²) in [6.07, 6.45) is 3.04. The number of imide groups is 1. The first-order chi connectivity index (χ1) is 5.15. The highest BCUT2D eigenvalue weighted by Gasteiger charge is 2.23. The molecule has 0 spiro atoms. The molecule has 0 saturated carbocycles. The maximum atomic E-state index is 11.0. The third kappa shape index (κ3) is 1.46. The van der Waals surface area contributed by atoms with Gasteiger partial charge in [0.15, 0.2) is 0 Å². The van der Waals surface area contributed by atoms with Crippen molar-refractivity contribution < 1.29 is 9.59 Å². The predicted octanol–water partition coefficient (Wildman–Crippen LogP) is -1.09. The van der Waals surface area contributed by atoms with Crippen LogP contribution in [0.3, 0.4) is 0 Å². The molecule has 1 unspecified atom stereocenters. The molecule has 11 heavy (non-hydrogen) atoms. The second-order valence-corrected chi connectivity index (χ2v) is 3.69. The Balaban J connectivity index is 2.87. The van der Waals surface area contributed by atoms with Gasteiger partial charge in [0.25, 0.3) is 11.8 Å². The van der Waals surface area contributed by atoms with Crippen LogP contribution in [0.25, 0.3) is 0 Å². The van der Waals surface area contributed by atoms with Crippen molar-refractivity contribution in [3.8, 4) is 0 Å². The summed E-state index contributed by atoms with van der Waals surface area (Å²) in [5.41, 5.74) is 0.637. The minimum absolute atomic E-state index is 0.0847. The summed E-state index contributed by atoms with van der Waals surface area (Å²) in [7, 11) is 0.812. The Morgan fingerprint density at radius 1 is 1.64 bits per heavy atom. The van der Waals surface area contributed by atoms with E-state index in [2.05, 4.69) is 11.9 Å². The highest BCUT2D eigenvalue weighted by atomic mass is 28.1. The average Bonchev–Trinajstić information content (AvgIpc) is 2.28. The van der Waals surface area contributed by atoms with Gasteiger partial charge in [-0.05, 0) is 5.54 Å². The molecule has 0 bridgehead atoms. The Kier molecular flexibility index (Phi) is 2.05. The van der Waals surface area contributed by atoms with Crippen LogP contribution in [0.1, 0.15) is 0 Å². The van der Waals surface area contributed by atoms with Gasteiger partial charge in [-0.2, -0.15) is 0 Å². The van der Waals surface area contributed by atoms with E-state index in [4.69, 9.17) is 0 Å². The van der Waals surface area contributed by atoms with E-state index in [0.29, 0.717) is 5.57 Å². The molecule has 1 aliphatic rings. The maximum absolute atomic E-state index is 11.0. The normalized spacial score (nSPS) is 19.5. The van der Waals surface area contributed by atoms with Crippen LogP contribution in [-0.4, -0.2) is 22.1 Å². The molecule has 1 atom stereocenters. The number of rotatable bonds is 2. The minimum Gasteiger partial charge on any atom is -0.289 e. The predicted molar refractivity (Wildman–Crippen MR) is 45.1 cm³/mol. The summed E-state index contributed by atoms with van der Waals surface area (Å²) in [5, 5.41) is 2.19. The van der Waals surface area contributed by atoms with Gasteiger partial charge < -0.3 is 0 Å². The number of carbonyl (C=O) groups is 2. The first-order valence-electron chi connectivity index (χ1n) is 3.34. The molecule has 2 amide bonds. The number of allylic oxidation sites excluding steroid dienone is 1. The molecule has 0 aromatic rings. The Morgan fingerprint density at radius 3 is 2.64 bits per heavy atom. The molecule has 0 aromatic heterocycles. The van der Waals surface area contributed by atoms with Crippen molar-refractivity contribution in [2.24, 2.45) is 0 Å². The Hall–Kier alpha value is -1.16. The Morgan fingerprint density at radius 2 is 2.27 bits per heavy atom. The first kappa shape index (κ1) is 7.94. The molecule has 0 radical (unpaired) electrons. The maximum Gasteiger partial charge on any atom is 0.254 e. The first-order valence-corrected chi connectivity index (χ1v) is 4.50. The smallest absolute Gasteiger partial charge is 0.254 e. The highest BCUT2D eigenvalue weighted by Crippen LogP contribution is 2.17. The molecule has 1 heterocycles. The third-order valence-electron chi connectivity index (χ3n) is 1.63. The second-order valence-electron chi connectivity index (χ2n) is 2.44. The van der Waals surface area contributed by atoms with Crippen LogP contribution in [0.4, 0.5) is 0 Å². The SMILES string of the molecule is C=CC([SiH3])C1=CC(=O)NC1=O. The fraction of sp³-hybridized carbons (Fsp3) is 0.143. The molecule has 4 heteroatoms. The number of carbonyl (C=O) groups excluding carboxylic acids is 2. The summed E-state index contributed by atoms with van der Waals surface area (Å²) < 4.78 is 0. The molecular weight excluding hydrogens is 158 g/mol. The molecule has 0 saturated heterocycles. The summed E-state index contributed by atoms with van der Waals surface area (Å²) in [6, 6.07) is 0. The van der Waals surface area contributed by atoms with Gasteiger partial charge in [-0.1, -0.05) is 6.08 Å². The zero-order valence-electron chi connectivity index (χ0n) is 6.26. The quantitative estimate of drug-likeness (QED) is 0.323. The van der Waals surface area contributed by atoms with Crippen LogP contribution < -0.4 is 5.32 Å². The lowest BCUT2D eigenvalue weighted by molar-refractivity contribution is -0.123. The number of hydrogen-bond donors (Lipinski definition) is 1. The van der Waals surface area contributed by atoms with Crippen LogP contribution in [0.2, 0.25) is 5.54 Å². The van der Waals surface area contributed by atoms with Crippen LogP contribution >= 0.6 is 0 Å². The summed E-state index contributed by atoms with van der Waals surface area (Å²) >= 11 is 0. The van der Waals surface area contributed by atoms with Gasteiger partial charge in [-0.15, -0.1) is 6.58 Å². The van der Waals surface area contributed by atoms with Crippen molar-refractivity contribution in [3.05, 3.63) is 24.3 Å². The van der Waals surface area contributed by atoms with E-state index in [0.717, 1.165) is 10.2 Å².